The lowest BCUT2D eigenvalue weighted by atomic mass is 9.66. The lowest BCUT2D eigenvalue weighted by Crippen LogP contribution is -2.59. The molecule has 3 aromatic carbocycles. The van der Waals surface area contributed by atoms with Gasteiger partial charge in [0.15, 0.2) is 0 Å². The van der Waals surface area contributed by atoms with Crippen molar-refractivity contribution in [2.75, 3.05) is 36.1 Å². The highest BCUT2D eigenvalue weighted by molar-refractivity contribution is 6.34. The fourth-order valence-electron chi connectivity index (χ4n) is 8.59. The predicted molar refractivity (Wildman–Crippen MR) is 199 cm³/mol. The molecule has 3 heterocycles. The number of hydrogen-bond donors (Lipinski definition) is 1. The molecule has 3 saturated heterocycles. The van der Waals surface area contributed by atoms with Crippen molar-refractivity contribution in [1.29, 1.82) is 0 Å². The van der Waals surface area contributed by atoms with Crippen LogP contribution in [0.3, 0.4) is 0 Å². The van der Waals surface area contributed by atoms with Crippen LogP contribution in [0.1, 0.15) is 37.8 Å². The van der Waals surface area contributed by atoms with E-state index in [0.717, 1.165) is 11.1 Å². The van der Waals surface area contributed by atoms with Crippen molar-refractivity contribution in [3.05, 3.63) is 114 Å². The van der Waals surface area contributed by atoms with Gasteiger partial charge in [0.2, 0.25) is 11.8 Å². The van der Waals surface area contributed by atoms with Crippen LogP contribution in [-0.2, 0) is 25.5 Å². The summed E-state index contributed by atoms with van der Waals surface area (Å²) in [7, 11) is 0. The lowest BCUT2D eigenvalue weighted by Gasteiger charge is -2.40. The minimum atomic E-state index is -1.33. The van der Waals surface area contributed by atoms with E-state index >= 15 is 9.59 Å². The number of carbonyl (C=O) groups is 3. The number of fused-ring (bicyclic) bond motifs is 1. The van der Waals surface area contributed by atoms with E-state index in [0.29, 0.717) is 48.0 Å². The summed E-state index contributed by atoms with van der Waals surface area (Å²) in [5, 5.41) is 11.3. The topological polar surface area (TPSA) is 99.6 Å². The largest absolute Gasteiger partial charge is 0.494 e. The third-order valence-corrected chi connectivity index (χ3v) is 11.0. The van der Waals surface area contributed by atoms with Gasteiger partial charge in [-0.05, 0) is 81.5 Å². The van der Waals surface area contributed by atoms with Crippen LogP contribution in [0.25, 0.3) is 0 Å². The molecule has 3 fully saturated rings. The van der Waals surface area contributed by atoms with Crippen molar-refractivity contribution < 1.29 is 29.0 Å². The number of aliphatic hydroxyl groups is 1. The zero-order valence-electron chi connectivity index (χ0n) is 29.5. The van der Waals surface area contributed by atoms with Gasteiger partial charge in [-0.15, -0.1) is 13.2 Å². The molecule has 0 aliphatic carbocycles. The number of para-hydroxylation sites is 1. The van der Waals surface area contributed by atoms with Gasteiger partial charge in [0, 0.05) is 18.8 Å². The Labute approximate surface area is 305 Å². The van der Waals surface area contributed by atoms with E-state index in [9.17, 15) is 9.90 Å². The standard InChI is InChI=1S/C41H46ClN3O6/c1-6-23-43(29-17-19-31(20-18-29)50-8-3)37(47)33-34-38(48)45(30(26-46)25-28-14-10-9-11-15-28)36(41(34)22-21-40(33,5)51-41)39(49)44(24-7-2)35-27(4)13-12-16-32(35)42/h6-7,9-20,30,33-34,36,46H,1-2,8,21-26H2,3-5H3/t30-,33+,34+,36?,40-,41?/m1/s1. The first-order valence-corrected chi connectivity index (χ1v) is 17.9. The van der Waals surface area contributed by atoms with Crippen molar-refractivity contribution in [1.82, 2.24) is 4.90 Å². The average Bonchev–Trinajstić information content (AvgIpc) is 3.70. The lowest BCUT2D eigenvalue weighted by molar-refractivity contribution is -0.148. The van der Waals surface area contributed by atoms with Gasteiger partial charge in [-0.25, -0.2) is 0 Å². The maximum atomic E-state index is 15.3. The molecule has 3 amide bonds. The summed E-state index contributed by atoms with van der Waals surface area (Å²) in [4.78, 5) is 50.0. The third kappa shape index (κ3) is 6.26. The molecule has 0 aromatic heterocycles. The molecule has 0 saturated carbocycles. The number of carbonyl (C=O) groups excluding carboxylic acids is 3. The molecule has 2 bridgehead atoms. The third-order valence-electron chi connectivity index (χ3n) is 10.7. The number of nitrogens with zero attached hydrogens (tertiary/aromatic N) is 3. The summed E-state index contributed by atoms with van der Waals surface area (Å²) in [5.41, 5.74) is 0.455. The Morgan fingerprint density at radius 2 is 1.71 bits per heavy atom. The van der Waals surface area contributed by atoms with Gasteiger partial charge in [-0.3, -0.25) is 14.4 Å². The predicted octanol–water partition coefficient (Wildman–Crippen LogP) is 6.15. The van der Waals surface area contributed by atoms with Gasteiger partial charge in [0.1, 0.15) is 17.4 Å². The van der Waals surface area contributed by atoms with Gasteiger partial charge in [-0.1, -0.05) is 66.2 Å². The molecule has 10 heteroatoms. The quantitative estimate of drug-likeness (QED) is 0.202. The van der Waals surface area contributed by atoms with Gasteiger partial charge < -0.3 is 29.3 Å². The van der Waals surface area contributed by atoms with E-state index in [2.05, 4.69) is 13.2 Å². The second kappa shape index (κ2) is 14.7. The molecular weight excluding hydrogens is 666 g/mol. The normalized spacial score (nSPS) is 25.3. The van der Waals surface area contributed by atoms with E-state index in [-0.39, 0.29) is 24.9 Å². The van der Waals surface area contributed by atoms with E-state index < -0.39 is 47.6 Å². The van der Waals surface area contributed by atoms with Crippen LogP contribution in [0.2, 0.25) is 5.02 Å². The van der Waals surface area contributed by atoms with Crippen molar-refractivity contribution in [3.63, 3.8) is 0 Å². The zero-order chi connectivity index (χ0) is 36.5. The number of anilines is 2. The van der Waals surface area contributed by atoms with Crippen LogP contribution in [-0.4, -0.2) is 77.3 Å². The first-order valence-electron chi connectivity index (χ1n) is 17.5. The number of aryl methyl sites for hydroxylation is 1. The van der Waals surface area contributed by atoms with Crippen LogP contribution >= 0.6 is 11.6 Å². The fourth-order valence-corrected chi connectivity index (χ4v) is 8.91. The SMILES string of the molecule is C=CCN(C(=O)[C@@H]1[C@H]2C(=O)N([C@@H](CO)Cc3ccccc3)C(C(=O)N(CC=C)c3c(C)cccc3Cl)C23CC[C@@]1(C)O3)c1ccc(OCC)cc1. The molecule has 6 rings (SSSR count). The minimum absolute atomic E-state index is 0.121. The molecule has 3 aliphatic rings. The van der Waals surface area contributed by atoms with Gasteiger partial charge in [0.05, 0.1) is 47.4 Å². The van der Waals surface area contributed by atoms with E-state index in [1.165, 1.54) is 4.90 Å². The number of rotatable bonds is 14. The number of likely N-dealkylation sites (tertiary alicyclic amines) is 1. The van der Waals surface area contributed by atoms with E-state index in [4.69, 9.17) is 21.1 Å². The molecule has 1 N–H and O–H groups in total. The molecule has 9 nitrogen and oxygen atoms in total. The maximum absolute atomic E-state index is 15.3. The Morgan fingerprint density at radius 1 is 1.02 bits per heavy atom. The highest BCUT2D eigenvalue weighted by atomic mass is 35.5. The van der Waals surface area contributed by atoms with Crippen molar-refractivity contribution in [2.24, 2.45) is 11.8 Å². The van der Waals surface area contributed by atoms with Crippen LogP contribution in [0.5, 0.6) is 5.75 Å². The van der Waals surface area contributed by atoms with E-state index in [1.807, 2.05) is 75.4 Å². The summed E-state index contributed by atoms with van der Waals surface area (Å²) in [6.07, 6.45) is 4.41. The number of ether oxygens (including phenoxy) is 2. The number of benzene rings is 3. The molecule has 268 valence electrons. The second-order valence-electron chi connectivity index (χ2n) is 13.8. The van der Waals surface area contributed by atoms with Crippen LogP contribution in [0.15, 0.2) is 98.1 Å². The Hall–Kier alpha value is -4.44. The maximum Gasteiger partial charge on any atom is 0.253 e. The van der Waals surface area contributed by atoms with E-state index in [1.54, 1.807) is 40.2 Å². The highest BCUT2D eigenvalue weighted by Gasteiger charge is 2.79. The molecule has 0 radical (unpaired) electrons. The number of hydrogen-bond acceptors (Lipinski definition) is 6. The molecule has 51 heavy (non-hydrogen) atoms. The van der Waals surface area contributed by atoms with Gasteiger partial charge in [0.25, 0.3) is 5.91 Å². The average molecular weight is 712 g/mol. The molecule has 2 unspecified atom stereocenters. The first-order chi connectivity index (χ1) is 24.5. The van der Waals surface area contributed by atoms with Crippen molar-refractivity contribution in [2.45, 2.75) is 63.3 Å². The summed E-state index contributed by atoms with van der Waals surface area (Å²) < 4.78 is 12.6. The molecule has 3 aliphatic heterocycles. The summed E-state index contributed by atoms with van der Waals surface area (Å²) in [6, 6.07) is 20.3. The van der Waals surface area contributed by atoms with Gasteiger partial charge in [-0.2, -0.15) is 0 Å². The molecule has 1 spiro atoms. The Morgan fingerprint density at radius 3 is 2.33 bits per heavy atom. The Bertz CT molecular complexity index is 1780. The first kappa shape index (κ1) is 36.4. The minimum Gasteiger partial charge on any atom is -0.494 e. The highest BCUT2D eigenvalue weighted by Crippen LogP contribution is 2.64. The van der Waals surface area contributed by atoms with Crippen molar-refractivity contribution in [3.8, 4) is 5.75 Å². The van der Waals surface area contributed by atoms with Crippen LogP contribution in [0, 0.1) is 18.8 Å². The summed E-state index contributed by atoms with van der Waals surface area (Å²) in [5.74, 6) is -2.28. The summed E-state index contributed by atoms with van der Waals surface area (Å²) >= 11 is 6.75. The van der Waals surface area contributed by atoms with Crippen LogP contribution < -0.4 is 14.5 Å². The van der Waals surface area contributed by atoms with Crippen LogP contribution in [0.4, 0.5) is 11.4 Å². The Kier molecular flexibility index (Phi) is 10.4. The fraction of sp³-hybridized carbons (Fsp3) is 0.390. The molecule has 6 atom stereocenters. The second-order valence-corrected chi connectivity index (χ2v) is 14.2. The molecule has 3 aromatic rings. The number of amides is 3. The monoisotopic (exact) mass is 711 g/mol. The Balaban J connectivity index is 1.47. The molecular formula is C41H46ClN3O6. The smallest absolute Gasteiger partial charge is 0.253 e. The van der Waals surface area contributed by atoms with Gasteiger partial charge >= 0.3 is 0 Å². The summed E-state index contributed by atoms with van der Waals surface area (Å²) in [6.45, 7) is 13.9. The van der Waals surface area contributed by atoms with Crippen molar-refractivity contribution >= 4 is 40.7 Å². The number of aliphatic hydroxyl groups excluding tert-OH is 1. The number of halogens is 1. The zero-order valence-corrected chi connectivity index (χ0v) is 30.2.